The number of carbonyl (C=O) groups excluding carboxylic acids is 2. The van der Waals surface area contributed by atoms with Crippen molar-refractivity contribution in [3.63, 3.8) is 0 Å². The highest BCUT2D eigenvalue weighted by Gasteiger charge is 2.25. The van der Waals surface area contributed by atoms with Crippen LogP contribution in [0.25, 0.3) is 0 Å². The molecule has 2 aromatic carbocycles. The van der Waals surface area contributed by atoms with Crippen LogP contribution < -0.4 is 21.8 Å². The maximum atomic E-state index is 12.3. The lowest BCUT2D eigenvalue weighted by atomic mass is 10.1. The molecule has 0 fully saturated rings. The fourth-order valence-electron chi connectivity index (χ4n) is 2.70. The van der Waals surface area contributed by atoms with Crippen LogP contribution >= 0.6 is 0 Å². The minimum absolute atomic E-state index is 0. The van der Waals surface area contributed by atoms with E-state index >= 15 is 0 Å². The van der Waals surface area contributed by atoms with Crippen molar-refractivity contribution in [1.29, 1.82) is 0 Å². The fraction of sp³-hybridized carbons (Fsp3) is 0.280. The predicted octanol–water partition coefficient (Wildman–Crippen LogP) is 0.759. The summed E-state index contributed by atoms with van der Waals surface area (Å²) in [6.07, 6.45) is -1.18. The Hall–Kier alpha value is -3.66. The van der Waals surface area contributed by atoms with Crippen LogP contribution in [0.2, 0.25) is 0 Å². The number of aliphatic hydroxyl groups is 1. The maximum absolute atomic E-state index is 12.3. The molecule has 8 heteroatoms. The first-order valence-electron chi connectivity index (χ1n) is 9.99. The van der Waals surface area contributed by atoms with Gasteiger partial charge in [0.1, 0.15) is 6.04 Å². The van der Waals surface area contributed by atoms with E-state index < -0.39 is 24.0 Å². The van der Waals surface area contributed by atoms with Gasteiger partial charge in [0.05, 0.1) is 6.10 Å². The van der Waals surface area contributed by atoms with Gasteiger partial charge in [0.15, 0.2) is 0 Å². The summed E-state index contributed by atoms with van der Waals surface area (Å²) in [5, 5.41) is 23.9. The zero-order valence-electron chi connectivity index (χ0n) is 17.7. The predicted molar refractivity (Wildman–Crippen MR) is 127 cm³/mol. The van der Waals surface area contributed by atoms with E-state index in [-0.39, 0.29) is 13.0 Å². The van der Waals surface area contributed by atoms with Gasteiger partial charge in [0.25, 0.3) is 11.8 Å². The quantitative estimate of drug-likeness (QED) is 0.152. The molecule has 0 aliphatic heterocycles. The average molecular weight is 451 g/mol. The summed E-state index contributed by atoms with van der Waals surface area (Å²) < 4.78 is 0. The van der Waals surface area contributed by atoms with Crippen LogP contribution in [0.1, 0.15) is 41.4 Å². The van der Waals surface area contributed by atoms with Gasteiger partial charge in [-0.2, -0.15) is 0 Å². The van der Waals surface area contributed by atoms with Gasteiger partial charge in [0.2, 0.25) is 0 Å². The third-order valence-corrected chi connectivity index (χ3v) is 4.36. The maximum Gasteiger partial charge on any atom is 0.268 e. The standard InChI is InChI=1S/C24H26N4O4.CH4/c1-17(29)22(24(31)28-32)27-23(30)21-11-9-18(10-12-21)5-2-3-6-19-7-4-8-20(15-19)16-26-14-13-25;/h4,7-12,15,17,22,26,29,32H,13-14,16,25H2,1H3,(H,27,30)(H,28,31);1H4/t17-,22+;/m1./s1. The van der Waals surface area contributed by atoms with Crippen LogP contribution in [0.3, 0.4) is 0 Å². The molecule has 0 aromatic heterocycles. The SMILES string of the molecule is C.C[C@@H](O)[C@H](NC(=O)c1ccc(C#CC#Cc2cccc(CNCCN)c2)cc1)C(=O)NO. The second-order valence-electron chi connectivity index (χ2n) is 6.91. The van der Waals surface area contributed by atoms with Crippen LogP contribution in [0, 0.1) is 23.7 Å². The van der Waals surface area contributed by atoms with E-state index in [1.165, 1.54) is 12.4 Å². The monoisotopic (exact) mass is 450 g/mol. The zero-order chi connectivity index (χ0) is 23.3. The molecule has 2 rings (SSSR count). The molecule has 0 aliphatic carbocycles. The van der Waals surface area contributed by atoms with Crippen molar-refractivity contribution in [3.8, 4) is 23.7 Å². The van der Waals surface area contributed by atoms with Gasteiger partial charge in [-0.1, -0.05) is 31.4 Å². The number of rotatable bonds is 8. The van der Waals surface area contributed by atoms with Crippen LogP contribution in [0.5, 0.6) is 0 Å². The Morgan fingerprint density at radius 2 is 1.73 bits per heavy atom. The summed E-state index contributed by atoms with van der Waals surface area (Å²) in [5.41, 5.74) is 9.79. The Morgan fingerprint density at radius 1 is 1.06 bits per heavy atom. The summed E-state index contributed by atoms with van der Waals surface area (Å²) in [5.74, 6) is 10.0. The molecule has 8 nitrogen and oxygen atoms in total. The van der Waals surface area contributed by atoms with E-state index in [0.717, 1.165) is 24.2 Å². The molecule has 0 radical (unpaired) electrons. The zero-order valence-corrected chi connectivity index (χ0v) is 17.7. The molecule has 0 heterocycles. The second-order valence-corrected chi connectivity index (χ2v) is 6.91. The van der Waals surface area contributed by atoms with Crippen molar-refractivity contribution < 1.29 is 19.9 Å². The molecular weight excluding hydrogens is 420 g/mol. The van der Waals surface area contributed by atoms with E-state index in [1.54, 1.807) is 24.3 Å². The molecular formula is C25H30N4O4. The number of carbonyl (C=O) groups is 2. The van der Waals surface area contributed by atoms with Gasteiger partial charge < -0.3 is 21.5 Å². The molecule has 2 atom stereocenters. The number of nitrogens with one attached hydrogen (secondary N) is 3. The molecule has 0 bridgehead atoms. The minimum Gasteiger partial charge on any atom is -0.391 e. The van der Waals surface area contributed by atoms with Gasteiger partial charge in [-0.05, 0) is 60.7 Å². The molecule has 2 amide bonds. The van der Waals surface area contributed by atoms with Gasteiger partial charge in [0, 0.05) is 36.3 Å². The number of hydrogen-bond donors (Lipinski definition) is 6. The molecule has 0 spiro atoms. The molecule has 0 aliphatic rings. The average Bonchev–Trinajstić information content (AvgIpc) is 2.80. The number of aliphatic hydroxyl groups excluding tert-OH is 1. The highest BCUT2D eigenvalue weighted by molar-refractivity contribution is 5.97. The fourth-order valence-corrected chi connectivity index (χ4v) is 2.70. The largest absolute Gasteiger partial charge is 0.391 e. The van der Waals surface area contributed by atoms with E-state index in [4.69, 9.17) is 10.9 Å². The number of benzene rings is 2. The van der Waals surface area contributed by atoms with Crippen LogP contribution in [-0.4, -0.2) is 47.4 Å². The third-order valence-electron chi connectivity index (χ3n) is 4.36. The number of hydroxylamine groups is 1. The summed E-state index contributed by atoms with van der Waals surface area (Å²) >= 11 is 0. The normalized spacial score (nSPS) is 11.4. The molecule has 0 saturated carbocycles. The Morgan fingerprint density at radius 3 is 2.33 bits per heavy atom. The van der Waals surface area contributed by atoms with Crippen LogP contribution in [0.4, 0.5) is 0 Å². The van der Waals surface area contributed by atoms with E-state index in [1.807, 2.05) is 24.3 Å². The van der Waals surface area contributed by atoms with Crippen LogP contribution in [-0.2, 0) is 11.3 Å². The van der Waals surface area contributed by atoms with Crippen molar-refractivity contribution in [3.05, 3.63) is 70.8 Å². The van der Waals surface area contributed by atoms with Gasteiger partial charge >= 0.3 is 0 Å². The summed E-state index contributed by atoms with van der Waals surface area (Å²) in [7, 11) is 0. The van der Waals surface area contributed by atoms with Crippen LogP contribution in [0.15, 0.2) is 48.5 Å². The Kier molecular flexibility index (Phi) is 12.0. The Balaban J connectivity index is 0.00000544. The lowest BCUT2D eigenvalue weighted by Crippen LogP contribution is -2.51. The summed E-state index contributed by atoms with van der Waals surface area (Å²) in [6, 6.07) is 13.0. The smallest absolute Gasteiger partial charge is 0.268 e. The third kappa shape index (κ3) is 9.16. The van der Waals surface area contributed by atoms with E-state index in [2.05, 4.69) is 34.3 Å². The highest BCUT2D eigenvalue weighted by atomic mass is 16.5. The van der Waals surface area contributed by atoms with Gasteiger partial charge in [-0.15, -0.1) is 0 Å². The van der Waals surface area contributed by atoms with Crippen molar-refractivity contribution in [2.45, 2.75) is 33.0 Å². The first-order valence-corrected chi connectivity index (χ1v) is 9.99. The Bertz CT molecular complexity index is 1040. The molecule has 7 N–H and O–H groups in total. The first kappa shape index (κ1) is 27.4. The molecule has 2 aromatic rings. The lowest BCUT2D eigenvalue weighted by molar-refractivity contribution is -0.133. The van der Waals surface area contributed by atoms with Crippen molar-refractivity contribution in [1.82, 2.24) is 16.1 Å². The second kappa shape index (κ2) is 14.4. The van der Waals surface area contributed by atoms with Gasteiger partial charge in [-0.3, -0.25) is 14.8 Å². The van der Waals surface area contributed by atoms with Gasteiger partial charge in [-0.25, -0.2) is 5.48 Å². The molecule has 33 heavy (non-hydrogen) atoms. The molecule has 0 unspecified atom stereocenters. The highest BCUT2D eigenvalue weighted by Crippen LogP contribution is 2.06. The van der Waals surface area contributed by atoms with Crippen molar-refractivity contribution in [2.24, 2.45) is 5.73 Å². The lowest BCUT2D eigenvalue weighted by Gasteiger charge is -2.19. The van der Waals surface area contributed by atoms with Crippen molar-refractivity contribution >= 4 is 11.8 Å². The number of nitrogens with two attached hydrogens (primary N) is 1. The van der Waals surface area contributed by atoms with E-state index in [9.17, 15) is 14.7 Å². The number of hydrogen-bond acceptors (Lipinski definition) is 6. The summed E-state index contributed by atoms with van der Waals surface area (Å²) in [4.78, 5) is 23.8. The topological polar surface area (TPSA) is 137 Å². The molecule has 0 saturated heterocycles. The number of amides is 2. The molecule has 174 valence electrons. The first-order chi connectivity index (χ1) is 15.4. The van der Waals surface area contributed by atoms with Crippen molar-refractivity contribution in [2.75, 3.05) is 13.1 Å². The minimum atomic E-state index is -1.28. The Labute approximate surface area is 194 Å². The summed E-state index contributed by atoms with van der Waals surface area (Å²) in [6.45, 7) is 3.39. The van der Waals surface area contributed by atoms with E-state index in [0.29, 0.717) is 12.1 Å².